The molecule has 46 valence electrons. The molecule has 0 aromatic carbocycles. The average Bonchev–Trinajstić information content (AvgIpc) is 2.53. The molecule has 0 spiro atoms. The first-order chi connectivity index (χ1) is 3.88. The van der Waals surface area contributed by atoms with Gasteiger partial charge in [0.1, 0.15) is 0 Å². The van der Waals surface area contributed by atoms with Crippen molar-refractivity contribution >= 4 is 0 Å². The van der Waals surface area contributed by atoms with Crippen molar-refractivity contribution in [2.45, 2.75) is 33.1 Å². The third-order valence-corrected chi connectivity index (χ3v) is 1.88. The quantitative estimate of drug-likeness (QED) is 0.479. The Balaban J connectivity index is 2.37. The molecule has 0 amide bonds. The smallest absolute Gasteiger partial charge is 0.0203 e. The van der Waals surface area contributed by atoms with Crippen LogP contribution in [0.5, 0.6) is 0 Å². The zero-order valence-electron chi connectivity index (χ0n) is 5.78. The Morgan fingerprint density at radius 3 is 2.38 bits per heavy atom. The van der Waals surface area contributed by atoms with Crippen LogP contribution in [0.1, 0.15) is 33.1 Å². The monoisotopic (exact) mass is 110 g/mol. The van der Waals surface area contributed by atoms with Crippen LogP contribution < -0.4 is 0 Å². The van der Waals surface area contributed by atoms with Gasteiger partial charge in [0.05, 0.1) is 0 Å². The lowest BCUT2D eigenvalue weighted by atomic mass is 10.1. The molecule has 1 aliphatic rings. The first kappa shape index (κ1) is 5.87. The van der Waals surface area contributed by atoms with Gasteiger partial charge in [0, 0.05) is 0 Å². The third-order valence-electron chi connectivity index (χ3n) is 1.88. The normalized spacial score (nSPS) is 21.5. The van der Waals surface area contributed by atoms with Crippen molar-refractivity contribution in [2.75, 3.05) is 0 Å². The highest BCUT2D eigenvalue weighted by Crippen LogP contribution is 2.37. The lowest BCUT2D eigenvalue weighted by molar-refractivity contribution is 0.908. The van der Waals surface area contributed by atoms with E-state index >= 15 is 0 Å². The first-order valence-electron chi connectivity index (χ1n) is 3.53. The lowest BCUT2D eigenvalue weighted by Crippen LogP contribution is -1.79. The van der Waals surface area contributed by atoms with Gasteiger partial charge in [-0.1, -0.05) is 18.6 Å². The Bertz CT molecular complexity index is 96.6. The van der Waals surface area contributed by atoms with Crippen LogP contribution in [0.4, 0.5) is 0 Å². The van der Waals surface area contributed by atoms with Gasteiger partial charge < -0.3 is 0 Å². The summed E-state index contributed by atoms with van der Waals surface area (Å²) >= 11 is 0. The molecule has 0 heterocycles. The number of rotatable bonds is 2. The molecule has 8 heavy (non-hydrogen) atoms. The predicted molar refractivity (Wildman–Crippen MR) is 36.8 cm³/mol. The zero-order valence-corrected chi connectivity index (χ0v) is 5.78. The molecule has 0 aromatic heterocycles. The second-order valence-corrected chi connectivity index (χ2v) is 2.49. The molecule has 0 N–H and O–H groups in total. The molecule has 0 heteroatoms. The van der Waals surface area contributed by atoms with Crippen LogP contribution >= 0.6 is 0 Å². The van der Waals surface area contributed by atoms with Gasteiger partial charge in [-0.3, -0.25) is 0 Å². The molecule has 0 atom stereocenters. The predicted octanol–water partition coefficient (Wildman–Crippen LogP) is 2.75. The molecule has 1 saturated carbocycles. The van der Waals surface area contributed by atoms with Crippen molar-refractivity contribution in [3.05, 3.63) is 11.6 Å². The van der Waals surface area contributed by atoms with Crippen molar-refractivity contribution in [3.63, 3.8) is 0 Å². The molecular weight excluding hydrogens is 96.1 g/mol. The molecule has 0 aromatic rings. The van der Waals surface area contributed by atoms with Gasteiger partial charge in [0.15, 0.2) is 0 Å². The van der Waals surface area contributed by atoms with E-state index in [4.69, 9.17) is 0 Å². The van der Waals surface area contributed by atoms with Crippen LogP contribution in [0.15, 0.2) is 11.6 Å². The summed E-state index contributed by atoms with van der Waals surface area (Å²) in [4.78, 5) is 0. The van der Waals surface area contributed by atoms with Gasteiger partial charge in [-0.25, -0.2) is 0 Å². The maximum Gasteiger partial charge on any atom is -0.0203 e. The maximum atomic E-state index is 2.28. The number of allylic oxidation sites excluding steroid dienone is 2. The van der Waals surface area contributed by atoms with Crippen LogP contribution in [-0.4, -0.2) is 0 Å². The van der Waals surface area contributed by atoms with Crippen molar-refractivity contribution in [1.29, 1.82) is 0 Å². The van der Waals surface area contributed by atoms with Crippen LogP contribution in [-0.2, 0) is 0 Å². The van der Waals surface area contributed by atoms with E-state index < -0.39 is 0 Å². The molecule has 0 bridgehead atoms. The summed E-state index contributed by atoms with van der Waals surface area (Å²) in [6, 6.07) is 0. The van der Waals surface area contributed by atoms with Gasteiger partial charge in [0.2, 0.25) is 0 Å². The molecule has 0 aliphatic heterocycles. The highest BCUT2D eigenvalue weighted by Gasteiger charge is 2.23. The molecule has 0 saturated heterocycles. The number of hydrogen-bond donors (Lipinski definition) is 0. The van der Waals surface area contributed by atoms with E-state index in [0.29, 0.717) is 0 Å². The fraction of sp³-hybridized carbons (Fsp3) is 0.750. The minimum Gasteiger partial charge on any atom is -0.0882 e. The van der Waals surface area contributed by atoms with E-state index in [1.54, 1.807) is 5.57 Å². The summed E-state index contributed by atoms with van der Waals surface area (Å²) in [7, 11) is 0. The van der Waals surface area contributed by atoms with E-state index in [1.165, 1.54) is 19.3 Å². The van der Waals surface area contributed by atoms with E-state index in [2.05, 4.69) is 19.9 Å². The summed E-state index contributed by atoms with van der Waals surface area (Å²) in [6.07, 6.45) is 6.44. The van der Waals surface area contributed by atoms with E-state index in [0.717, 1.165) is 5.92 Å². The van der Waals surface area contributed by atoms with Crippen molar-refractivity contribution in [2.24, 2.45) is 5.92 Å². The summed E-state index contributed by atoms with van der Waals surface area (Å²) in [5, 5.41) is 0. The van der Waals surface area contributed by atoms with Crippen molar-refractivity contribution in [3.8, 4) is 0 Å². The molecule has 0 unspecified atom stereocenters. The zero-order chi connectivity index (χ0) is 5.98. The van der Waals surface area contributed by atoms with Gasteiger partial charge in [-0.05, 0) is 32.1 Å². The molecule has 1 fully saturated rings. The Morgan fingerprint density at radius 2 is 2.25 bits per heavy atom. The second-order valence-electron chi connectivity index (χ2n) is 2.49. The second kappa shape index (κ2) is 2.34. The summed E-state index contributed by atoms with van der Waals surface area (Å²) in [6.45, 7) is 4.39. The van der Waals surface area contributed by atoms with Crippen molar-refractivity contribution < 1.29 is 0 Å². The molecular formula is C8H14. The Labute approximate surface area is 51.6 Å². The van der Waals surface area contributed by atoms with Gasteiger partial charge >= 0.3 is 0 Å². The third kappa shape index (κ3) is 1.12. The van der Waals surface area contributed by atoms with Gasteiger partial charge in [0.25, 0.3) is 0 Å². The Hall–Kier alpha value is -0.260. The van der Waals surface area contributed by atoms with Crippen LogP contribution in [0, 0.1) is 5.92 Å². The summed E-state index contributed by atoms with van der Waals surface area (Å²) < 4.78 is 0. The lowest BCUT2D eigenvalue weighted by Gasteiger charge is -1.96. The van der Waals surface area contributed by atoms with Crippen LogP contribution in [0.25, 0.3) is 0 Å². The summed E-state index contributed by atoms with van der Waals surface area (Å²) in [5.74, 6) is 0.991. The minimum atomic E-state index is 0.991. The number of hydrogen-bond acceptors (Lipinski definition) is 0. The minimum absolute atomic E-state index is 0.991. The van der Waals surface area contributed by atoms with Crippen molar-refractivity contribution in [1.82, 2.24) is 0 Å². The highest BCUT2D eigenvalue weighted by atomic mass is 14.3. The van der Waals surface area contributed by atoms with E-state index in [1.807, 2.05) is 0 Å². The Kier molecular flexibility index (Phi) is 1.72. The maximum absolute atomic E-state index is 2.28. The first-order valence-corrected chi connectivity index (χ1v) is 3.53. The molecule has 0 nitrogen and oxygen atoms in total. The average molecular weight is 110 g/mol. The Morgan fingerprint density at radius 1 is 1.62 bits per heavy atom. The van der Waals surface area contributed by atoms with Gasteiger partial charge in [-0.15, -0.1) is 0 Å². The topological polar surface area (TPSA) is 0 Å². The molecule has 1 aliphatic carbocycles. The van der Waals surface area contributed by atoms with Crippen LogP contribution in [0.3, 0.4) is 0 Å². The fourth-order valence-corrected chi connectivity index (χ4v) is 1.18. The fourth-order valence-electron chi connectivity index (χ4n) is 1.18. The summed E-state index contributed by atoms with van der Waals surface area (Å²) in [5.41, 5.74) is 1.67. The standard InChI is InChI=1S/C8H14/c1-3-7(4-2)8-5-6-8/h3,8H,4-6H2,1-2H3. The largest absolute Gasteiger partial charge is 0.0882 e. The van der Waals surface area contributed by atoms with E-state index in [9.17, 15) is 0 Å². The SMILES string of the molecule is CC=C(CC)C1CC1. The van der Waals surface area contributed by atoms with Crippen LogP contribution in [0.2, 0.25) is 0 Å². The van der Waals surface area contributed by atoms with E-state index in [-0.39, 0.29) is 0 Å². The molecule has 0 radical (unpaired) electrons. The molecule has 1 rings (SSSR count). The van der Waals surface area contributed by atoms with Gasteiger partial charge in [-0.2, -0.15) is 0 Å². The highest BCUT2D eigenvalue weighted by molar-refractivity contribution is 5.10.